The maximum atomic E-state index is 13.2. The van der Waals surface area contributed by atoms with Crippen molar-refractivity contribution in [1.82, 2.24) is 0 Å². The molecule has 0 spiro atoms. The SMILES string of the molecule is C[N+]12CCC(CC1)[C@H](OC(=O)C(O)(c1cccs1)C1CCCCC1)C2. The Balaban J connectivity index is 1.56. The summed E-state index contributed by atoms with van der Waals surface area (Å²) in [6, 6.07) is 3.81. The predicted octanol–water partition coefficient (Wildman–Crippen LogP) is 3.30. The molecule has 1 N–H and O–H groups in total. The Hall–Kier alpha value is -0.910. The molecule has 3 saturated heterocycles. The molecule has 138 valence electrons. The zero-order valence-corrected chi connectivity index (χ0v) is 16.0. The van der Waals surface area contributed by atoms with E-state index < -0.39 is 11.6 Å². The number of hydrogen-bond donors (Lipinski definition) is 1. The summed E-state index contributed by atoms with van der Waals surface area (Å²) >= 11 is 1.47. The first kappa shape index (κ1) is 17.5. The van der Waals surface area contributed by atoms with Gasteiger partial charge in [0.15, 0.2) is 11.7 Å². The molecule has 0 radical (unpaired) electrons. The Morgan fingerprint density at radius 1 is 1.24 bits per heavy atom. The van der Waals surface area contributed by atoms with Gasteiger partial charge in [-0.05, 0) is 24.3 Å². The number of carbonyl (C=O) groups excluding carboxylic acids is 1. The van der Waals surface area contributed by atoms with Gasteiger partial charge >= 0.3 is 5.97 Å². The number of thiophene rings is 1. The van der Waals surface area contributed by atoms with E-state index >= 15 is 0 Å². The fourth-order valence-electron chi connectivity index (χ4n) is 5.19. The number of rotatable bonds is 4. The van der Waals surface area contributed by atoms with E-state index in [0.717, 1.165) is 54.4 Å². The molecular formula is C20H30NO3S+. The molecule has 1 saturated carbocycles. The van der Waals surface area contributed by atoms with E-state index in [1.54, 1.807) is 0 Å². The summed E-state index contributed by atoms with van der Waals surface area (Å²) in [6.45, 7) is 3.29. The Bertz CT molecular complexity index is 602. The minimum absolute atomic E-state index is 0.0155. The van der Waals surface area contributed by atoms with Crippen molar-refractivity contribution in [3.63, 3.8) is 0 Å². The van der Waals surface area contributed by atoms with Gasteiger partial charge in [-0.15, -0.1) is 11.3 Å². The minimum atomic E-state index is -1.46. The van der Waals surface area contributed by atoms with Crippen molar-refractivity contribution < 1.29 is 19.1 Å². The van der Waals surface area contributed by atoms with Gasteiger partial charge in [0.2, 0.25) is 0 Å². The lowest BCUT2D eigenvalue weighted by Crippen LogP contribution is -2.63. The van der Waals surface area contributed by atoms with Gasteiger partial charge in [-0.2, -0.15) is 0 Å². The highest BCUT2D eigenvalue weighted by molar-refractivity contribution is 7.10. The lowest BCUT2D eigenvalue weighted by Gasteiger charge is -2.50. The lowest BCUT2D eigenvalue weighted by molar-refractivity contribution is -0.928. The second kappa shape index (κ2) is 6.67. The van der Waals surface area contributed by atoms with E-state index in [2.05, 4.69) is 7.05 Å². The van der Waals surface area contributed by atoms with Crippen LogP contribution in [0.1, 0.15) is 49.8 Å². The van der Waals surface area contributed by atoms with Crippen LogP contribution in [-0.2, 0) is 15.1 Å². The standard InChI is InChI=1S/C20H30NO3S/c1-21-11-9-15(10-12-21)17(14-21)24-19(22)20(23,18-8-5-13-25-18)16-6-3-2-4-7-16/h5,8,13,15-17,23H,2-4,6-7,9-12,14H2,1H3/q+1/t15?,17-,20?,21?/m1/s1. The fourth-order valence-corrected chi connectivity index (χ4v) is 6.08. The van der Waals surface area contributed by atoms with Gasteiger partial charge in [0.25, 0.3) is 0 Å². The molecule has 4 heterocycles. The largest absolute Gasteiger partial charge is 0.454 e. The number of carbonyl (C=O) groups is 1. The summed E-state index contributed by atoms with van der Waals surface area (Å²) in [4.78, 5) is 14.0. The molecule has 4 fully saturated rings. The molecule has 2 bridgehead atoms. The van der Waals surface area contributed by atoms with E-state index in [9.17, 15) is 9.90 Å². The van der Waals surface area contributed by atoms with Gasteiger partial charge in [-0.1, -0.05) is 25.3 Å². The van der Waals surface area contributed by atoms with Gasteiger partial charge in [0.1, 0.15) is 6.54 Å². The number of piperidine rings is 3. The van der Waals surface area contributed by atoms with E-state index in [1.807, 2.05) is 17.5 Å². The van der Waals surface area contributed by atoms with E-state index in [4.69, 9.17) is 4.74 Å². The molecule has 25 heavy (non-hydrogen) atoms. The lowest BCUT2D eigenvalue weighted by atomic mass is 9.76. The van der Waals surface area contributed by atoms with Crippen LogP contribution in [0.3, 0.4) is 0 Å². The molecule has 1 aliphatic carbocycles. The van der Waals surface area contributed by atoms with Crippen LogP contribution < -0.4 is 0 Å². The van der Waals surface area contributed by atoms with Crippen molar-refractivity contribution in [3.05, 3.63) is 22.4 Å². The molecule has 2 atom stereocenters. The third-order valence-corrected chi connectivity index (χ3v) is 7.88. The van der Waals surface area contributed by atoms with Crippen molar-refractivity contribution >= 4 is 17.3 Å². The highest BCUT2D eigenvalue weighted by Gasteiger charge is 2.51. The summed E-state index contributed by atoms with van der Waals surface area (Å²) < 4.78 is 7.04. The molecular weight excluding hydrogens is 334 g/mol. The van der Waals surface area contributed by atoms with Crippen molar-refractivity contribution in [3.8, 4) is 0 Å². The number of esters is 1. The topological polar surface area (TPSA) is 46.5 Å². The first-order valence-corrected chi connectivity index (χ1v) is 10.7. The van der Waals surface area contributed by atoms with Crippen LogP contribution in [0, 0.1) is 11.8 Å². The maximum absolute atomic E-state index is 13.2. The van der Waals surface area contributed by atoms with Gasteiger partial charge < -0.3 is 14.3 Å². The van der Waals surface area contributed by atoms with E-state index in [-0.39, 0.29) is 12.0 Å². The van der Waals surface area contributed by atoms with E-state index in [0.29, 0.717) is 5.92 Å². The number of nitrogens with zero attached hydrogens (tertiary/aromatic N) is 1. The molecule has 0 amide bonds. The second-order valence-electron chi connectivity index (χ2n) is 8.61. The minimum Gasteiger partial charge on any atom is -0.454 e. The smallest absolute Gasteiger partial charge is 0.344 e. The molecule has 1 aromatic rings. The summed E-state index contributed by atoms with van der Waals surface area (Å²) in [5, 5.41) is 13.5. The van der Waals surface area contributed by atoms with Gasteiger partial charge in [0.05, 0.1) is 20.1 Å². The first-order valence-electron chi connectivity index (χ1n) is 9.82. The Labute approximate surface area is 154 Å². The van der Waals surface area contributed by atoms with Gasteiger partial charge in [0, 0.05) is 29.6 Å². The third-order valence-electron chi connectivity index (χ3n) is 6.89. The van der Waals surface area contributed by atoms with Crippen LogP contribution in [0.5, 0.6) is 0 Å². The molecule has 1 aromatic heterocycles. The molecule has 5 rings (SSSR count). The van der Waals surface area contributed by atoms with Gasteiger partial charge in [-0.3, -0.25) is 0 Å². The van der Waals surface area contributed by atoms with Gasteiger partial charge in [-0.25, -0.2) is 4.79 Å². The number of hydrogen-bond acceptors (Lipinski definition) is 4. The highest BCUT2D eigenvalue weighted by atomic mass is 32.1. The summed E-state index contributed by atoms with van der Waals surface area (Å²) in [6.07, 6.45) is 7.43. The summed E-state index contributed by atoms with van der Waals surface area (Å²) in [5.41, 5.74) is -1.46. The molecule has 4 nitrogen and oxygen atoms in total. The Morgan fingerprint density at radius 3 is 2.56 bits per heavy atom. The average Bonchev–Trinajstić information content (AvgIpc) is 3.17. The molecule has 1 unspecified atom stereocenters. The quantitative estimate of drug-likeness (QED) is 0.659. The highest BCUT2D eigenvalue weighted by Crippen LogP contribution is 2.43. The molecule has 0 aromatic carbocycles. The zero-order valence-electron chi connectivity index (χ0n) is 15.2. The monoisotopic (exact) mass is 364 g/mol. The summed E-state index contributed by atoms with van der Waals surface area (Å²) in [5.74, 6) is 0.0632. The fraction of sp³-hybridized carbons (Fsp3) is 0.750. The summed E-state index contributed by atoms with van der Waals surface area (Å²) in [7, 11) is 2.27. The zero-order chi connectivity index (χ0) is 17.5. The number of ether oxygens (including phenoxy) is 1. The van der Waals surface area contributed by atoms with Crippen molar-refractivity contribution in [2.24, 2.45) is 11.8 Å². The maximum Gasteiger partial charge on any atom is 0.344 e. The van der Waals surface area contributed by atoms with Crippen LogP contribution >= 0.6 is 11.3 Å². The predicted molar refractivity (Wildman–Crippen MR) is 98.2 cm³/mol. The van der Waals surface area contributed by atoms with Crippen LogP contribution in [0.2, 0.25) is 0 Å². The molecule has 3 aliphatic heterocycles. The van der Waals surface area contributed by atoms with Crippen molar-refractivity contribution in [1.29, 1.82) is 0 Å². The Morgan fingerprint density at radius 2 is 1.96 bits per heavy atom. The molecule has 4 aliphatic rings. The van der Waals surface area contributed by atoms with Crippen LogP contribution in [0.25, 0.3) is 0 Å². The number of quaternary nitrogens is 1. The van der Waals surface area contributed by atoms with Crippen molar-refractivity contribution in [2.45, 2.75) is 56.7 Å². The Kier molecular flexibility index (Phi) is 4.67. The average molecular weight is 365 g/mol. The van der Waals surface area contributed by atoms with Crippen LogP contribution in [0.4, 0.5) is 0 Å². The third kappa shape index (κ3) is 3.15. The van der Waals surface area contributed by atoms with Crippen LogP contribution in [0.15, 0.2) is 17.5 Å². The first-order chi connectivity index (χ1) is 12.0. The van der Waals surface area contributed by atoms with E-state index in [1.165, 1.54) is 30.8 Å². The number of likely N-dealkylation sites (N-methyl/N-ethyl adjacent to an activating group) is 1. The van der Waals surface area contributed by atoms with Crippen LogP contribution in [-0.4, -0.2) is 48.3 Å². The second-order valence-corrected chi connectivity index (χ2v) is 9.56. The number of fused-ring (bicyclic) bond motifs is 3. The normalized spacial score (nSPS) is 35.3. The van der Waals surface area contributed by atoms with Crippen molar-refractivity contribution in [2.75, 3.05) is 26.7 Å². The number of aliphatic hydroxyl groups is 1. The molecule has 5 heteroatoms.